The van der Waals surface area contributed by atoms with Crippen molar-refractivity contribution in [2.45, 2.75) is 13.3 Å². The molecule has 0 radical (unpaired) electrons. The van der Waals surface area contributed by atoms with E-state index in [4.69, 9.17) is 0 Å². The van der Waals surface area contributed by atoms with Crippen molar-refractivity contribution in [2.24, 2.45) is 0 Å². The van der Waals surface area contributed by atoms with Crippen molar-refractivity contribution in [3.63, 3.8) is 0 Å². The molecule has 0 saturated carbocycles. The average molecular weight is 199 g/mol. The molecule has 0 amide bonds. The molecule has 0 N–H and O–H groups in total. The Morgan fingerprint density at radius 1 is 1.20 bits per heavy atom. The van der Waals surface area contributed by atoms with E-state index in [2.05, 4.69) is 13.0 Å². The highest BCUT2D eigenvalue weighted by Gasteiger charge is 2.05. The van der Waals surface area contributed by atoms with Gasteiger partial charge in [0.2, 0.25) is 0 Å². The van der Waals surface area contributed by atoms with E-state index < -0.39 is 0 Å². The summed E-state index contributed by atoms with van der Waals surface area (Å²) in [7, 11) is 0. The Hall–Kier alpha value is -1.83. The lowest BCUT2D eigenvalue weighted by Gasteiger charge is -2.10. The van der Waals surface area contributed by atoms with Gasteiger partial charge in [-0.2, -0.15) is 0 Å². The molecule has 0 unspecified atom stereocenters. The summed E-state index contributed by atoms with van der Waals surface area (Å²) >= 11 is 0. The van der Waals surface area contributed by atoms with E-state index in [9.17, 15) is 4.79 Å². The van der Waals surface area contributed by atoms with Crippen LogP contribution < -0.4 is 0 Å². The van der Waals surface area contributed by atoms with Gasteiger partial charge in [-0.15, -0.1) is 0 Å². The molecule has 0 fully saturated rings. The third-order valence-electron chi connectivity index (χ3n) is 2.53. The van der Waals surface area contributed by atoms with Crippen LogP contribution in [0.2, 0.25) is 0 Å². The number of aryl methyl sites for hydroxylation is 1. The van der Waals surface area contributed by atoms with Crippen LogP contribution in [0, 0.1) is 0 Å². The van der Waals surface area contributed by atoms with Crippen LogP contribution >= 0.6 is 0 Å². The van der Waals surface area contributed by atoms with E-state index in [-0.39, 0.29) is 0 Å². The molecule has 0 aliphatic rings. The van der Waals surface area contributed by atoms with Crippen LogP contribution in [-0.4, -0.2) is 10.9 Å². The minimum Gasteiger partial charge on any atom is -0.314 e. The summed E-state index contributed by atoms with van der Waals surface area (Å²) in [4.78, 5) is 10.8. The number of benzene rings is 1. The number of hydrogen-bond donors (Lipinski definition) is 0. The fourth-order valence-corrected chi connectivity index (χ4v) is 1.75. The maximum atomic E-state index is 10.8. The quantitative estimate of drug-likeness (QED) is 0.697. The molecule has 1 aromatic heterocycles. The van der Waals surface area contributed by atoms with Gasteiger partial charge >= 0.3 is 0 Å². The first-order valence-corrected chi connectivity index (χ1v) is 5.07. The van der Waals surface area contributed by atoms with Gasteiger partial charge in [-0.05, 0) is 30.2 Å². The Morgan fingerprint density at radius 3 is 2.73 bits per heavy atom. The zero-order valence-corrected chi connectivity index (χ0v) is 8.68. The Kier molecular flexibility index (Phi) is 2.68. The number of para-hydroxylation sites is 1. The number of rotatable bonds is 3. The summed E-state index contributed by atoms with van der Waals surface area (Å²) in [5.41, 5.74) is 3.03. The standard InChI is InChI=1S/C13H13NO/c1-2-11-6-3-4-8-13(11)14-9-5-7-12(14)10-15/h3-10H,2H2,1H3. The van der Waals surface area contributed by atoms with Gasteiger partial charge in [-0.3, -0.25) is 4.79 Å². The summed E-state index contributed by atoms with van der Waals surface area (Å²) in [6.45, 7) is 2.11. The van der Waals surface area contributed by atoms with Gasteiger partial charge in [0, 0.05) is 11.9 Å². The topological polar surface area (TPSA) is 22.0 Å². The molecule has 0 saturated heterocycles. The van der Waals surface area contributed by atoms with Gasteiger partial charge < -0.3 is 4.57 Å². The maximum Gasteiger partial charge on any atom is 0.166 e. The Labute approximate surface area is 89.2 Å². The zero-order chi connectivity index (χ0) is 10.7. The van der Waals surface area contributed by atoms with Gasteiger partial charge in [0.1, 0.15) is 0 Å². The molecule has 0 atom stereocenters. The Balaban J connectivity index is 2.58. The monoisotopic (exact) mass is 199 g/mol. The van der Waals surface area contributed by atoms with E-state index in [1.54, 1.807) is 0 Å². The first kappa shape index (κ1) is 9.71. The summed E-state index contributed by atoms with van der Waals surface area (Å²) in [5.74, 6) is 0. The second-order valence-electron chi connectivity index (χ2n) is 3.40. The van der Waals surface area contributed by atoms with E-state index >= 15 is 0 Å². The van der Waals surface area contributed by atoms with Gasteiger partial charge in [0.25, 0.3) is 0 Å². The van der Waals surface area contributed by atoms with Gasteiger partial charge in [-0.1, -0.05) is 25.1 Å². The van der Waals surface area contributed by atoms with Crippen LogP contribution in [0.15, 0.2) is 42.6 Å². The van der Waals surface area contributed by atoms with Crippen molar-refractivity contribution in [3.8, 4) is 5.69 Å². The minimum absolute atomic E-state index is 0.691. The molecule has 2 aromatic rings. The Morgan fingerprint density at radius 2 is 2.00 bits per heavy atom. The molecule has 2 rings (SSSR count). The number of carbonyl (C=O) groups is 1. The lowest BCUT2D eigenvalue weighted by Crippen LogP contribution is -2.00. The van der Waals surface area contributed by atoms with Crippen molar-refractivity contribution in [1.82, 2.24) is 4.57 Å². The van der Waals surface area contributed by atoms with Crippen molar-refractivity contribution in [1.29, 1.82) is 0 Å². The van der Waals surface area contributed by atoms with E-state index in [1.807, 2.05) is 41.1 Å². The van der Waals surface area contributed by atoms with Crippen LogP contribution in [0.4, 0.5) is 0 Å². The van der Waals surface area contributed by atoms with Crippen LogP contribution in [0.1, 0.15) is 23.0 Å². The SMILES string of the molecule is CCc1ccccc1-n1cccc1C=O. The number of hydrogen-bond acceptors (Lipinski definition) is 1. The largest absolute Gasteiger partial charge is 0.314 e. The molecule has 0 aliphatic carbocycles. The molecule has 76 valence electrons. The lowest BCUT2D eigenvalue weighted by atomic mass is 10.1. The molecule has 0 aliphatic heterocycles. The highest BCUT2D eigenvalue weighted by atomic mass is 16.1. The minimum atomic E-state index is 0.691. The Bertz CT molecular complexity index is 471. The fraction of sp³-hybridized carbons (Fsp3) is 0.154. The molecular weight excluding hydrogens is 186 g/mol. The average Bonchev–Trinajstić information content (AvgIpc) is 2.76. The zero-order valence-electron chi connectivity index (χ0n) is 8.68. The predicted molar refractivity (Wildman–Crippen MR) is 60.5 cm³/mol. The van der Waals surface area contributed by atoms with Crippen LogP contribution in [-0.2, 0) is 6.42 Å². The highest BCUT2D eigenvalue weighted by Crippen LogP contribution is 2.17. The summed E-state index contributed by atoms with van der Waals surface area (Å²) in [5, 5.41) is 0. The van der Waals surface area contributed by atoms with E-state index in [0.29, 0.717) is 5.69 Å². The highest BCUT2D eigenvalue weighted by molar-refractivity contribution is 5.74. The first-order valence-electron chi connectivity index (χ1n) is 5.07. The van der Waals surface area contributed by atoms with Crippen LogP contribution in [0.3, 0.4) is 0 Å². The fourth-order valence-electron chi connectivity index (χ4n) is 1.75. The predicted octanol–water partition coefficient (Wildman–Crippen LogP) is 2.85. The van der Waals surface area contributed by atoms with Crippen LogP contribution in [0.5, 0.6) is 0 Å². The molecule has 0 bridgehead atoms. The molecule has 15 heavy (non-hydrogen) atoms. The van der Waals surface area contributed by atoms with Gasteiger partial charge in [0.15, 0.2) is 6.29 Å². The molecule has 2 heteroatoms. The molecule has 2 nitrogen and oxygen atoms in total. The number of carbonyl (C=O) groups excluding carboxylic acids is 1. The number of nitrogens with zero attached hydrogens (tertiary/aromatic N) is 1. The lowest BCUT2D eigenvalue weighted by molar-refractivity contribution is 0.111. The third-order valence-corrected chi connectivity index (χ3v) is 2.53. The smallest absolute Gasteiger partial charge is 0.166 e. The molecule has 0 spiro atoms. The maximum absolute atomic E-state index is 10.8. The third kappa shape index (κ3) is 1.71. The normalized spacial score (nSPS) is 10.2. The van der Waals surface area contributed by atoms with Crippen LogP contribution in [0.25, 0.3) is 5.69 Å². The van der Waals surface area contributed by atoms with Crippen molar-refractivity contribution in [2.75, 3.05) is 0 Å². The van der Waals surface area contributed by atoms with Gasteiger partial charge in [-0.25, -0.2) is 0 Å². The summed E-state index contributed by atoms with van der Waals surface area (Å²) in [6, 6.07) is 11.8. The number of aldehydes is 1. The molecule has 1 aromatic carbocycles. The molecular formula is C13H13NO. The number of aromatic nitrogens is 1. The van der Waals surface area contributed by atoms with Crippen molar-refractivity contribution in [3.05, 3.63) is 53.9 Å². The molecule has 1 heterocycles. The van der Waals surface area contributed by atoms with E-state index in [1.165, 1.54) is 5.56 Å². The van der Waals surface area contributed by atoms with Crippen molar-refractivity contribution < 1.29 is 4.79 Å². The second kappa shape index (κ2) is 4.13. The first-order chi connectivity index (χ1) is 7.36. The second-order valence-corrected chi connectivity index (χ2v) is 3.40. The van der Waals surface area contributed by atoms with Crippen molar-refractivity contribution >= 4 is 6.29 Å². The van der Waals surface area contributed by atoms with E-state index in [0.717, 1.165) is 18.4 Å². The summed E-state index contributed by atoms with van der Waals surface area (Å²) < 4.78 is 1.92. The summed E-state index contributed by atoms with van der Waals surface area (Å²) in [6.07, 6.45) is 3.76. The van der Waals surface area contributed by atoms with Gasteiger partial charge in [0.05, 0.1) is 5.69 Å².